The lowest BCUT2D eigenvalue weighted by molar-refractivity contribution is -0.130. The molecule has 27 heavy (non-hydrogen) atoms. The molecule has 140 valence electrons. The van der Waals surface area contributed by atoms with E-state index in [1.54, 1.807) is 36.2 Å². The third kappa shape index (κ3) is 4.16. The predicted octanol–water partition coefficient (Wildman–Crippen LogP) is 2.52. The molecule has 0 N–H and O–H groups in total. The lowest BCUT2D eigenvalue weighted by Crippen LogP contribution is -2.36. The molecular formula is C21H22N2O4. The highest BCUT2D eigenvalue weighted by atomic mass is 16.5. The maximum atomic E-state index is 12.3. The number of imide groups is 1. The van der Waals surface area contributed by atoms with Crippen LogP contribution >= 0.6 is 0 Å². The highest BCUT2D eigenvalue weighted by Crippen LogP contribution is 2.22. The number of fused-ring (bicyclic) bond motifs is 1. The summed E-state index contributed by atoms with van der Waals surface area (Å²) in [6, 6.07) is 14.4. The third-order valence-corrected chi connectivity index (χ3v) is 4.57. The largest absolute Gasteiger partial charge is 0.492 e. The Kier molecular flexibility index (Phi) is 5.54. The number of likely N-dealkylation sites (N-methyl/N-ethyl adjacent to an activating group) is 1. The first kappa shape index (κ1) is 18.6. The summed E-state index contributed by atoms with van der Waals surface area (Å²) in [5.74, 6) is -0.0611. The number of amides is 3. The van der Waals surface area contributed by atoms with E-state index < -0.39 is 0 Å². The summed E-state index contributed by atoms with van der Waals surface area (Å²) in [5.41, 5.74) is 1.95. The number of aryl methyl sites for hydroxylation is 1. The lowest BCUT2D eigenvalue weighted by atomic mass is 10.1. The van der Waals surface area contributed by atoms with Crippen molar-refractivity contribution in [2.45, 2.75) is 13.3 Å². The number of hydrogen-bond acceptors (Lipinski definition) is 4. The van der Waals surface area contributed by atoms with Crippen LogP contribution in [-0.2, 0) is 4.79 Å². The number of carbonyl (C=O) groups is 3. The van der Waals surface area contributed by atoms with Crippen LogP contribution in [-0.4, -0.2) is 54.3 Å². The summed E-state index contributed by atoms with van der Waals surface area (Å²) in [7, 11) is 1.68. The quantitative estimate of drug-likeness (QED) is 0.706. The van der Waals surface area contributed by atoms with Crippen LogP contribution in [0.4, 0.5) is 0 Å². The minimum absolute atomic E-state index is 0.0777. The number of nitrogens with zero attached hydrogens (tertiary/aromatic N) is 2. The molecule has 0 radical (unpaired) electrons. The van der Waals surface area contributed by atoms with Gasteiger partial charge in [0.15, 0.2) is 0 Å². The molecule has 1 aliphatic heterocycles. The Morgan fingerprint density at radius 2 is 1.59 bits per heavy atom. The van der Waals surface area contributed by atoms with Gasteiger partial charge < -0.3 is 9.64 Å². The molecule has 3 rings (SSSR count). The van der Waals surface area contributed by atoms with Gasteiger partial charge in [-0.05, 0) is 31.2 Å². The normalized spacial score (nSPS) is 12.9. The van der Waals surface area contributed by atoms with E-state index in [-0.39, 0.29) is 30.7 Å². The second kappa shape index (κ2) is 8.03. The van der Waals surface area contributed by atoms with Gasteiger partial charge in [-0.15, -0.1) is 0 Å². The van der Waals surface area contributed by atoms with Crippen molar-refractivity contribution in [1.29, 1.82) is 0 Å². The van der Waals surface area contributed by atoms with Crippen molar-refractivity contribution in [2.24, 2.45) is 0 Å². The molecule has 0 saturated carbocycles. The van der Waals surface area contributed by atoms with E-state index in [4.69, 9.17) is 4.74 Å². The van der Waals surface area contributed by atoms with E-state index in [0.717, 1.165) is 16.2 Å². The topological polar surface area (TPSA) is 66.9 Å². The molecular weight excluding hydrogens is 344 g/mol. The van der Waals surface area contributed by atoms with Gasteiger partial charge in [-0.3, -0.25) is 19.3 Å². The first-order valence-electron chi connectivity index (χ1n) is 8.86. The summed E-state index contributed by atoms with van der Waals surface area (Å²) in [6.45, 7) is 2.88. The van der Waals surface area contributed by atoms with Crippen LogP contribution in [0.5, 0.6) is 5.75 Å². The fraction of sp³-hybridized carbons (Fsp3) is 0.286. The molecule has 0 bridgehead atoms. The van der Waals surface area contributed by atoms with Crippen LogP contribution in [0.1, 0.15) is 32.7 Å². The van der Waals surface area contributed by atoms with Crippen LogP contribution in [0, 0.1) is 6.92 Å². The van der Waals surface area contributed by atoms with Gasteiger partial charge in [0.05, 0.1) is 17.7 Å². The number of hydrogen-bond donors (Lipinski definition) is 0. The van der Waals surface area contributed by atoms with E-state index in [1.807, 2.05) is 31.2 Å². The minimum Gasteiger partial charge on any atom is -0.492 e. The highest BCUT2D eigenvalue weighted by Gasteiger charge is 2.35. The fourth-order valence-electron chi connectivity index (χ4n) is 2.90. The highest BCUT2D eigenvalue weighted by molar-refractivity contribution is 6.21. The smallest absolute Gasteiger partial charge is 0.261 e. The summed E-state index contributed by atoms with van der Waals surface area (Å²) >= 11 is 0. The molecule has 0 atom stereocenters. The third-order valence-electron chi connectivity index (χ3n) is 4.57. The molecule has 0 aromatic heterocycles. The molecule has 0 saturated heterocycles. The maximum Gasteiger partial charge on any atom is 0.261 e. The molecule has 6 nitrogen and oxygen atoms in total. The summed E-state index contributed by atoms with van der Waals surface area (Å²) in [4.78, 5) is 39.6. The predicted molar refractivity (Wildman–Crippen MR) is 101 cm³/mol. The maximum absolute atomic E-state index is 12.3. The minimum atomic E-state index is -0.339. The zero-order valence-electron chi connectivity index (χ0n) is 15.5. The molecule has 0 aliphatic carbocycles. The zero-order valence-corrected chi connectivity index (χ0v) is 15.5. The molecule has 1 heterocycles. The van der Waals surface area contributed by atoms with Crippen molar-refractivity contribution in [2.75, 3.05) is 26.7 Å². The monoisotopic (exact) mass is 366 g/mol. The molecule has 6 heteroatoms. The van der Waals surface area contributed by atoms with Crippen molar-refractivity contribution in [3.63, 3.8) is 0 Å². The first-order chi connectivity index (χ1) is 13.0. The van der Waals surface area contributed by atoms with Gasteiger partial charge in [-0.25, -0.2) is 0 Å². The van der Waals surface area contributed by atoms with Crippen molar-refractivity contribution < 1.29 is 19.1 Å². The molecule has 2 aromatic rings. The van der Waals surface area contributed by atoms with Crippen molar-refractivity contribution in [3.8, 4) is 5.75 Å². The lowest BCUT2D eigenvalue weighted by Gasteiger charge is -2.19. The average Bonchev–Trinajstić information content (AvgIpc) is 2.92. The molecule has 3 amide bonds. The average molecular weight is 366 g/mol. The number of rotatable bonds is 7. The number of carbonyl (C=O) groups excluding carboxylic acids is 3. The second-order valence-electron chi connectivity index (χ2n) is 6.53. The Labute approximate surface area is 158 Å². The summed E-state index contributed by atoms with van der Waals surface area (Å²) in [5, 5.41) is 0. The van der Waals surface area contributed by atoms with Crippen molar-refractivity contribution in [1.82, 2.24) is 9.80 Å². The summed E-state index contributed by atoms with van der Waals surface area (Å²) in [6.07, 6.45) is 0.0898. The second-order valence-corrected chi connectivity index (χ2v) is 6.53. The molecule has 2 aromatic carbocycles. The van der Waals surface area contributed by atoms with E-state index in [0.29, 0.717) is 24.3 Å². The Morgan fingerprint density at radius 3 is 2.19 bits per heavy atom. The molecule has 1 aliphatic rings. The number of benzene rings is 2. The Morgan fingerprint density at radius 1 is 1.00 bits per heavy atom. The van der Waals surface area contributed by atoms with Gasteiger partial charge in [-0.1, -0.05) is 29.8 Å². The van der Waals surface area contributed by atoms with E-state index in [1.165, 1.54) is 0 Å². The van der Waals surface area contributed by atoms with Crippen LogP contribution in [0.2, 0.25) is 0 Å². The van der Waals surface area contributed by atoms with Gasteiger partial charge >= 0.3 is 0 Å². The van der Waals surface area contributed by atoms with Crippen molar-refractivity contribution in [3.05, 3.63) is 65.2 Å². The van der Waals surface area contributed by atoms with Crippen LogP contribution in [0.25, 0.3) is 0 Å². The van der Waals surface area contributed by atoms with Gasteiger partial charge in [0.25, 0.3) is 11.8 Å². The van der Waals surface area contributed by atoms with E-state index in [2.05, 4.69) is 0 Å². The SMILES string of the molecule is Cc1ccc(OCCN(C)C(=O)CCN2C(=O)c3ccccc3C2=O)cc1. The fourth-order valence-corrected chi connectivity index (χ4v) is 2.90. The van der Waals surface area contributed by atoms with Crippen molar-refractivity contribution >= 4 is 17.7 Å². The van der Waals surface area contributed by atoms with Gasteiger partial charge in [-0.2, -0.15) is 0 Å². The Balaban J connectivity index is 1.46. The Bertz CT molecular complexity index is 826. The van der Waals surface area contributed by atoms with Crippen LogP contribution in [0.15, 0.2) is 48.5 Å². The van der Waals surface area contributed by atoms with Crippen LogP contribution < -0.4 is 4.74 Å². The van der Waals surface area contributed by atoms with E-state index >= 15 is 0 Å². The van der Waals surface area contributed by atoms with Crippen LogP contribution in [0.3, 0.4) is 0 Å². The number of ether oxygens (including phenoxy) is 1. The molecule has 0 fully saturated rings. The van der Waals surface area contributed by atoms with Gasteiger partial charge in [0, 0.05) is 20.0 Å². The molecule has 0 spiro atoms. The Hall–Kier alpha value is -3.15. The standard InChI is InChI=1S/C21H22N2O4/c1-15-7-9-16(10-8-15)27-14-13-22(2)19(24)11-12-23-20(25)17-5-3-4-6-18(17)21(23)26/h3-10H,11-14H2,1-2H3. The van der Waals surface area contributed by atoms with E-state index in [9.17, 15) is 14.4 Å². The first-order valence-corrected chi connectivity index (χ1v) is 8.86. The zero-order chi connectivity index (χ0) is 19.4. The molecule has 0 unspecified atom stereocenters. The van der Waals surface area contributed by atoms with Gasteiger partial charge in [0.2, 0.25) is 5.91 Å². The summed E-state index contributed by atoms with van der Waals surface area (Å²) < 4.78 is 5.62. The van der Waals surface area contributed by atoms with Gasteiger partial charge in [0.1, 0.15) is 12.4 Å².